The van der Waals surface area contributed by atoms with Gasteiger partial charge in [0, 0.05) is 26.8 Å². The lowest BCUT2D eigenvalue weighted by atomic mass is 10.0. The first-order chi connectivity index (χ1) is 11.5. The van der Waals surface area contributed by atoms with Gasteiger partial charge in [-0.15, -0.1) is 0 Å². The number of likely N-dealkylation sites (tertiary alicyclic amines) is 1. The van der Waals surface area contributed by atoms with Crippen LogP contribution in [0.15, 0.2) is 12.3 Å². The number of amides is 3. The van der Waals surface area contributed by atoms with Crippen LogP contribution in [0, 0.1) is 12.8 Å². The van der Waals surface area contributed by atoms with E-state index in [1.165, 1.54) is 0 Å². The number of aryl methyl sites for hydroxylation is 1. The third kappa shape index (κ3) is 4.92. The normalized spacial score (nSPS) is 18.1. The summed E-state index contributed by atoms with van der Waals surface area (Å²) in [7, 11) is 1.70. The molecule has 3 amide bonds. The van der Waals surface area contributed by atoms with Crippen molar-refractivity contribution in [2.75, 3.05) is 32.1 Å². The van der Waals surface area contributed by atoms with Gasteiger partial charge in [0.2, 0.25) is 0 Å². The van der Waals surface area contributed by atoms with Gasteiger partial charge in [0.15, 0.2) is 0 Å². The smallest absolute Gasteiger partial charge is 0.321 e. The van der Waals surface area contributed by atoms with Gasteiger partial charge < -0.3 is 20.7 Å². The number of hydrogen-bond donors (Lipinski definition) is 2. The Labute approximate surface area is 142 Å². The molecule has 0 aliphatic carbocycles. The summed E-state index contributed by atoms with van der Waals surface area (Å²) in [6.45, 7) is 3.87. The van der Waals surface area contributed by atoms with Gasteiger partial charge in [-0.2, -0.15) is 0 Å². The molecule has 24 heavy (non-hydrogen) atoms. The van der Waals surface area contributed by atoms with Gasteiger partial charge >= 0.3 is 6.03 Å². The highest BCUT2D eigenvalue weighted by Gasteiger charge is 2.22. The zero-order valence-corrected chi connectivity index (χ0v) is 14.4. The molecule has 7 nitrogen and oxygen atoms in total. The summed E-state index contributed by atoms with van der Waals surface area (Å²) in [5, 5.41) is 2.82. The summed E-state index contributed by atoms with van der Waals surface area (Å²) < 4.78 is 5.15. The summed E-state index contributed by atoms with van der Waals surface area (Å²) in [4.78, 5) is 29.9. The van der Waals surface area contributed by atoms with Crippen molar-refractivity contribution in [2.45, 2.75) is 32.6 Å². The fourth-order valence-electron chi connectivity index (χ4n) is 2.99. The number of rotatable bonds is 5. The number of nitrogens with two attached hydrogens (primary N) is 1. The molecule has 0 radical (unpaired) electrons. The number of hydrogen-bond acceptors (Lipinski definition) is 4. The molecular formula is C17H26N4O3. The number of ether oxygens (including phenoxy) is 1. The van der Waals surface area contributed by atoms with E-state index in [1.54, 1.807) is 26.3 Å². The Bertz CT molecular complexity index is 591. The molecule has 0 saturated carbocycles. The van der Waals surface area contributed by atoms with E-state index >= 15 is 0 Å². The van der Waals surface area contributed by atoms with E-state index < -0.39 is 5.91 Å². The molecule has 1 atom stereocenters. The number of nitrogens with zero attached hydrogens (tertiary/aromatic N) is 2. The average Bonchev–Trinajstić information content (AvgIpc) is 2.80. The van der Waals surface area contributed by atoms with Crippen molar-refractivity contribution in [1.29, 1.82) is 0 Å². The number of pyridine rings is 1. The Balaban J connectivity index is 2.02. The summed E-state index contributed by atoms with van der Waals surface area (Å²) in [5.41, 5.74) is 6.68. The predicted octanol–water partition coefficient (Wildman–Crippen LogP) is 2.16. The number of carbonyl (C=O) groups is 2. The summed E-state index contributed by atoms with van der Waals surface area (Å²) in [6.07, 6.45) is 5.73. The van der Waals surface area contributed by atoms with E-state index in [-0.39, 0.29) is 6.03 Å². The van der Waals surface area contributed by atoms with Gasteiger partial charge in [0.05, 0.1) is 23.1 Å². The van der Waals surface area contributed by atoms with Crippen LogP contribution in [0.4, 0.5) is 10.5 Å². The van der Waals surface area contributed by atoms with E-state index in [9.17, 15) is 9.59 Å². The first-order valence-corrected chi connectivity index (χ1v) is 8.32. The van der Waals surface area contributed by atoms with Crippen molar-refractivity contribution in [3.8, 4) is 0 Å². The zero-order chi connectivity index (χ0) is 17.5. The first-order valence-electron chi connectivity index (χ1n) is 8.32. The fraction of sp³-hybridized carbons (Fsp3) is 0.588. The molecule has 2 heterocycles. The Morgan fingerprint density at radius 2 is 2.25 bits per heavy atom. The number of carbonyl (C=O) groups excluding carboxylic acids is 2. The largest absolute Gasteiger partial charge is 0.385 e. The molecule has 0 bridgehead atoms. The number of primary amides is 1. The van der Waals surface area contributed by atoms with E-state index in [1.807, 2.05) is 4.90 Å². The highest BCUT2D eigenvalue weighted by molar-refractivity contribution is 5.96. The maximum atomic E-state index is 12.5. The molecular weight excluding hydrogens is 308 g/mol. The van der Waals surface area contributed by atoms with Crippen LogP contribution >= 0.6 is 0 Å². The Morgan fingerprint density at radius 1 is 1.46 bits per heavy atom. The topological polar surface area (TPSA) is 97.6 Å². The van der Waals surface area contributed by atoms with Crippen molar-refractivity contribution in [3.63, 3.8) is 0 Å². The van der Waals surface area contributed by atoms with Crippen molar-refractivity contribution < 1.29 is 14.3 Å². The average molecular weight is 334 g/mol. The summed E-state index contributed by atoms with van der Waals surface area (Å²) in [5.74, 6) is -0.0963. The zero-order valence-electron chi connectivity index (χ0n) is 14.4. The van der Waals surface area contributed by atoms with Crippen molar-refractivity contribution in [1.82, 2.24) is 9.88 Å². The Morgan fingerprint density at radius 3 is 2.96 bits per heavy atom. The van der Waals surface area contributed by atoms with E-state index in [4.69, 9.17) is 10.5 Å². The number of nitrogens with one attached hydrogen (secondary N) is 1. The first kappa shape index (κ1) is 18.2. The number of aromatic nitrogens is 1. The minimum Gasteiger partial charge on any atom is -0.385 e. The summed E-state index contributed by atoms with van der Waals surface area (Å²) >= 11 is 0. The lowest BCUT2D eigenvalue weighted by Crippen LogP contribution is -2.38. The number of urea groups is 1. The lowest BCUT2D eigenvalue weighted by molar-refractivity contribution is 0.0999. The van der Waals surface area contributed by atoms with Gasteiger partial charge in [-0.25, -0.2) is 4.79 Å². The van der Waals surface area contributed by atoms with Crippen LogP contribution in [-0.2, 0) is 4.74 Å². The second-order valence-corrected chi connectivity index (χ2v) is 6.24. The molecule has 1 saturated heterocycles. The molecule has 1 aromatic heterocycles. The van der Waals surface area contributed by atoms with Gasteiger partial charge in [0.1, 0.15) is 0 Å². The lowest BCUT2D eigenvalue weighted by Gasteiger charge is -2.24. The molecule has 1 aliphatic heterocycles. The number of methoxy groups -OCH3 is 1. The molecule has 1 unspecified atom stereocenters. The monoisotopic (exact) mass is 334 g/mol. The SMILES string of the molecule is COCCC1CCCCN(C(=O)Nc2cnc(C)c(C(N)=O)c2)C1. The quantitative estimate of drug-likeness (QED) is 0.862. The van der Waals surface area contributed by atoms with Crippen LogP contribution in [0.1, 0.15) is 41.7 Å². The molecule has 3 N–H and O–H groups in total. The maximum Gasteiger partial charge on any atom is 0.321 e. The van der Waals surface area contributed by atoms with E-state index in [2.05, 4.69) is 10.3 Å². The van der Waals surface area contributed by atoms with Crippen LogP contribution < -0.4 is 11.1 Å². The Kier molecular flexibility index (Phi) is 6.54. The second kappa shape index (κ2) is 8.63. The summed E-state index contributed by atoms with van der Waals surface area (Å²) in [6, 6.07) is 1.41. The molecule has 1 aromatic rings. The molecule has 7 heteroatoms. The highest BCUT2D eigenvalue weighted by Crippen LogP contribution is 2.20. The third-order valence-electron chi connectivity index (χ3n) is 4.39. The second-order valence-electron chi connectivity index (χ2n) is 6.24. The van der Waals surface area contributed by atoms with Gasteiger partial charge in [-0.3, -0.25) is 9.78 Å². The molecule has 1 aliphatic rings. The minimum atomic E-state index is -0.550. The Hall–Kier alpha value is -2.15. The van der Waals surface area contributed by atoms with Crippen LogP contribution in [0.5, 0.6) is 0 Å². The van der Waals surface area contributed by atoms with Crippen molar-refractivity contribution in [2.24, 2.45) is 11.7 Å². The van der Waals surface area contributed by atoms with E-state index in [0.29, 0.717) is 29.5 Å². The van der Waals surface area contributed by atoms with Gasteiger partial charge in [0.25, 0.3) is 5.91 Å². The fourth-order valence-corrected chi connectivity index (χ4v) is 2.99. The molecule has 132 valence electrons. The minimum absolute atomic E-state index is 0.166. The van der Waals surface area contributed by atoms with E-state index in [0.717, 1.165) is 38.8 Å². The predicted molar refractivity (Wildman–Crippen MR) is 91.9 cm³/mol. The van der Waals surface area contributed by atoms with Gasteiger partial charge in [-0.05, 0) is 38.2 Å². The van der Waals surface area contributed by atoms with Gasteiger partial charge in [-0.1, -0.05) is 6.42 Å². The maximum absolute atomic E-state index is 12.5. The van der Waals surface area contributed by atoms with Crippen LogP contribution in [0.25, 0.3) is 0 Å². The molecule has 2 rings (SSSR count). The van der Waals surface area contributed by atoms with Crippen LogP contribution in [0.2, 0.25) is 0 Å². The van der Waals surface area contributed by atoms with Crippen LogP contribution in [0.3, 0.4) is 0 Å². The van der Waals surface area contributed by atoms with Crippen molar-refractivity contribution in [3.05, 3.63) is 23.5 Å². The van der Waals surface area contributed by atoms with Crippen LogP contribution in [-0.4, -0.2) is 48.6 Å². The molecule has 0 spiro atoms. The standard InChI is InChI=1S/C17H26N4O3/c1-12-15(16(18)22)9-14(10-19-12)20-17(23)21-7-4-3-5-13(11-21)6-8-24-2/h9-10,13H,3-8,11H2,1-2H3,(H2,18,22)(H,20,23). The highest BCUT2D eigenvalue weighted by atomic mass is 16.5. The van der Waals surface area contributed by atoms with Crippen molar-refractivity contribution >= 4 is 17.6 Å². The number of anilines is 1. The molecule has 1 fully saturated rings. The third-order valence-corrected chi connectivity index (χ3v) is 4.39. The molecule has 0 aromatic carbocycles.